The normalized spacial score (nSPS) is 18.8. The molecule has 2 fully saturated rings. The maximum Gasteiger partial charge on any atom is 0.409 e. The molecule has 0 spiro atoms. The maximum absolute atomic E-state index is 11.8. The van der Waals surface area contributed by atoms with Gasteiger partial charge in [0.1, 0.15) is 5.82 Å². The summed E-state index contributed by atoms with van der Waals surface area (Å²) in [5, 5.41) is 3.47. The molecule has 3 rings (SSSR count). The summed E-state index contributed by atoms with van der Waals surface area (Å²) in [4.78, 5) is 25.0. The topological polar surface area (TPSA) is 70.6 Å². The van der Waals surface area contributed by atoms with Gasteiger partial charge in [-0.05, 0) is 26.7 Å². The van der Waals surface area contributed by atoms with Crippen molar-refractivity contribution in [1.29, 1.82) is 0 Å². The number of aromatic nitrogens is 2. The number of carbonyl (C=O) groups is 1. The third-order valence-electron chi connectivity index (χ3n) is 4.66. The SMILES string of the molecule is CCOC(=O)N1CCN(c2cc(C)nc(NC3CCCC3)n2)CC1. The van der Waals surface area contributed by atoms with Crippen LogP contribution in [0.4, 0.5) is 16.6 Å². The summed E-state index contributed by atoms with van der Waals surface area (Å²) in [6, 6.07) is 2.51. The van der Waals surface area contributed by atoms with Crippen LogP contribution in [0.2, 0.25) is 0 Å². The van der Waals surface area contributed by atoms with Crippen LogP contribution in [0.25, 0.3) is 0 Å². The Hall–Kier alpha value is -2.05. The van der Waals surface area contributed by atoms with Gasteiger partial charge in [0, 0.05) is 44.0 Å². The number of nitrogens with zero attached hydrogens (tertiary/aromatic N) is 4. The average Bonchev–Trinajstić information content (AvgIpc) is 3.07. The summed E-state index contributed by atoms with van der Waals surface area (Å²) in [5.74, 6) is 1.66. The largest absolute Gasteiger partial charge is 0.450 e. The highest BCUT2D eigenvalue weighted by Gasteiger charge is 2.23. The third-order valence-corrected chi connectivity index (χ3v) is 4.66. The van der Waals surface area contributed by atoms with Crippen LogP contribution in [0.3, 0.4) is 0 Å². The van der Waals surface area contributed by atoms with Crippen molar-refractivity contribution in [1.82, 2.24) is 14.9 Å². The molecule has 7 nitrogen and oxygen atoms in total. The molecule has 2 aliphatic rings. The summed E-state index contributed by atoms with van der Waals surface area (Å²) in [5.41, 5.74) is 0.966. The molecule has 24 heavy (non-hydrogen) atoms. The molecule has 1 aromatic heterocycles. The van der Waals surface area contributed by atoms with E-state index in [0.717, 1.165) is 30.5 Å². The van der Waals surface area contributed by atoms with E-state index in [0.29, 0.717) is 25.7 Å². The Labute approximate surface area is 143 Å². The molecule has 1 aromatic rings. The van der Waals surface area contributed by atoms with Gasteiger partial charge >= 0.3 is 6.09 Å². The highest BCUT2D eigenvalue weighted by atomic mass is 16.6. The van der Waals surface area contributed by atoms with E-state index in [2.05, 4.69) is 15.2 Å². The van der Waals surface area contributed by atoms with E-state index < -0.39 is 0 Å². The van der Waals surface area contributed by atoms with Gasteiger partial charge in [0.25, 0.3) is 0 Å². The lowest BCUT2D eigenvalue weighted by Gasteiger charge is -2.34. The van der Waals surface area contributed by atoms with Gasteiger partial charge < -0.3 is 19.9 Å². The fourth-order valence-corrected chi connectivity index (χ4v) is 3.36. The molecule has 0 aromatic carbocycles. The minimum Gasteiger partial charge on any atom is -0.450 e. The monoisotopic (exact) mass is 333 g/mol. The Morgan fingerprint density at radius 1 is 1.25 bits per heavy atom. The van der Waals surface area contributed by atoms with E-state index in [4.69, 9.17) is 9.72 Å². The molecule has 132 valence electrons. The van der Waals surface area contributed by atoms with Crippen molar-refractivity contribution in [3.05, 3.63) is 11.8 Å². The number of carbonyl (C=O) groups excluding carboxylic acids is 1. The number of hydrogen-bond donors (Lipinski definition) is 1. The summed E-state index contributed by atoms with van der Waals surface area (Å²) in [7, 11) is 0. The molecule has 7 heteroatoms. The van der Waals surface area contributed by atoms with Crippen molar-refractivity contribution in [2.45, 2.75) is 45.6 Å². The predicted octanol–water partition coefficient (Wildman–Crippen LogP) is 2.42. The fourth-order valence-electron chi connectivity index (χ4n) is 3.36. The number of piperazine rings is 1. The second-order valence-corrected chi connectivity index (χ2v) is 6.49. The van der Waals surface area contributed by atoms with Crippen molar-refractivity contribution in [2.24, 2.45) is 0 Å². The standard InChI is InChI=1S/C17H27N5O2/c1-3-24-17(23)22-10-8-21(9-11-22)15-12-13(2)18-16(20-15)19-14-6-4-5-7-14/h12,14H,3-11H2,1-2H3,(H,18,19,20). The van der Waals surface area contributed by atoms with Crippen LogP contribution in [-0.2, 0) is 4.74 Å². The van der Waals surface area contributed by atoms with Crippen LogP contribution in [0.5, 0.6) is 0 Å². The molecule has 2 heterocycles. The van der Waals surface area contributed by atoms with Crippen LogP contribution in [0, 0.1) is 6.92 Å². The molecule has 1 saturated heterocycles. The predicted molar refractivity (Wildman–Crippen MR) is 93.5 cm³/mol. The molecule has 0 radical (unpaired) electrons. The Kier molecular flexibility index (Phi) is 5.37. The number of nitrogens with one attached hydrogen (secondary N) is 1. The molecular weight excluding hydrogens is 306 g/mol. The minimum atomic E-state index is -0.223. The minimum absolute atomic E-state index is 0.223. The zero-order chi connectivity index (χ0) is 16.9. The Bertz CT molecular complexity index is 566. The first-order valence-corrected chi connectivity index (χ1v) is 8.94. The van der Waals surface area contributed by atoms with E-state index in [-0.39, 0.29) is 6.09 Å². The summed E-state index contributed by atoms with van der Waals surface area (Å²) >= 11 is 0. The van der Waals surface area contributed by atoms with Crippen molar-refractivity contribution in [3.63, 3.8) is 0 Å². The molecular formula is C17H27N5O2. The first-order valence-electron chi connectivity index (χ1n) is 8.94. The molecule has 1 N–H and O–H groups in total. The maximum atomic E-state index is 11.8. The zero-order valence-electron chi connectivity index (χ0n) is 14.6. The highest BCUT2D eigenvalue weighted by Crippen LogP contribution is 2.23. The van der Waals surface area contributed by atoms with Crippen LogP contribution in [0.1, 0.15) is 38.3 Å². The summed E-state index contributed by atoms with van der Waals surface area (Å²) in [6.45, 7) is 7.09. The quantitative estimate of drug-likeness (QED) is 0.912. The van der Waals surface area contributed by atoms with Gasteiger partial charge in [-0.2, -0.15) is 4.98 Å². The van der Waals surface area contributed by atoms with Crippen molar-refractivity contribution in [2.75, 3.05) is 43.0 Å². The fraction of sp³-hybridized carbons (Fsp3) is 0.706. The average molecular weight is 333 g/mol. The Balaban J connectivity index is 1.62. The van der Waals surface area contributed by atoms with E-state index >= 15 is 0 Å². The zero-order valence-corrected chi connectivity index (χ0v) is 14.6. The van der Waals surface area contributed by atoms with E-state index in [1.807, 2.05) is 19.9 Å². The van der Waals surface area contributed by atoms with Gasteiger partial charge in [0.05, 0.1) is 6.61 Å². The summed E-state index contributed by atoms with van der Waals surface area (Å²) in [6.07, 6.45) is 4.74. The first-order chi connectivity index (χ1) is 11.7. The van der Waals surface area contributed by atoms with Gasteiger partial charge in [0.2, 0.25) is 5.95 Å². The molecule has 1 aliphatic carbocycles. The lowest BCUT2D eigenvalue weighted by atomic mass is 10.2. The lowest BCUT2D eigenvalue weighted by Crippen LogP contribution is -2.49. The van der Waals surface area contributed by atoms with Crippen molar-refractivity contribution < 1.29 is 9.53 Å². The summed E-state index contributed by atoms with van der Waals surface area (Å²) < 4.78 is 5.07. The van der Waals surface area contributed by atoms with Gasteiger partial charge in [0.15, 0.2) is 0 Å². The van der Waals surface area contributed by atoms with Crippen LogP contribution in [0.15, 0.2) is 6.07 Å². The lowest BCUT2D eigenvalue weighted by molar-refractivity contribution is 0.105. The smallest absolute Gasteiger partial charge is 0.409 e. The van der Waals surface area contributed by atoms with E-state index in [1.54, 1.807) is 4.90 Å². The number of hydrogen-bond acceptors (Lipinski definition) is 6. The van der Waals surface area contributed by atoms with Gasteiger partial charge in [-0.25, -0.2) is 9.78 Å². The first kappa shape index (κ1) is 16.8. The van der Waals surface area contributed by atoms with Crippen LogP contribution >= 0.6 is 0 Å². The van der Waals surface area contributed by atoms with E-state index in [1.165, 1.54) is 25.7 Å². The molecule has 0 atom stereocenters. The molecule has 0 unspecified atom stereocenters. The Morgan fingerprint density at radius 3 is 2.62 bits per heavy atom. The second-order valence-electron chi connectivity index (χ2n) is 6.49. The number of anilines is 2. The van der Waals surface area contributed by atoms with E-state index in [9.17, 15) is 4.79 Å². The third kappa shape index (κ3) is 4.07. The highest BCUT2D eigenvalue weighted by molar-refractivity contribution is 5.68. The number of aryl methyl sites for hydroxylation is 1. The van der Waals surface area contributed by atoms with Gasteiger partial charge in [-0.3, -0.25) is 0 Å². The van der Waals surface area contributed by atoms with Crippen molar-refractivity contribution >= 4 is 17.9 Å². The van der Waals surface area contributed by atoms with Crippen LogP contribution < -0.4 is 10.2 Å². The van der Waals surface area contributed by atoms with Crippen LogP contribution in [-0.4, -0.2) is 59.8 Å². The van der Waals surface area contributed by atoms with Gasteiger partial charge in [-0.15, -0.1) is 0 Å². The number of rotatable bonds is 4. The number of ether oxygens (including phenoxy) is 1. The van der Waals surface area contributed by atoms with Gasteiger partial charge in [-0.1, -0.05) is 12.8 Å². The molecule has 1 aliphatic heterocycles. The molecule has 0 bridgehead atoms. The van der Waals surface area contributed by atoms with Crippen molar-refractivity contribution in [3.8, 4) is 0 Å². The Morgan fingerprint density at radius 2 is 1.96 bits per heavy atom. The number of amides is 1. The molecule has 1 amide bonds. The second kappa shape index (κ2) is 7.68. The molecule has 1 saturated carbocycles.